The third kappa shape index (κ3) is 5.12. The van der Waals surface area contributed by atoms with Gasteiger partial charge in [-0.2, -0.15) is 0 Å². The molecule has 0 aliphatic carbocycles. The number of nitrogens with zero attached hydrogens (tertiary/aromatic N) is 1. The maximum atomic E-state index is 12.5. The summed E-state index contributed by atoms with van der Waals surface area (Å²) in [6.45, 7) is 4.01. The number of thioether (sulfide) groups is 1. The minimum absolute atomic E-state index is 0.0735. The Morgan fingerprint density at radius 1 is 1.03 bits per heavy atom. The van der Waals surface area contributed by atoms with Crippen LogP contribution in [-0.4, -0.2) is 22.6 Å². The Labute approximate surface area is 199 Å². The van der Waals surface area contributed by atoms with E-state index < -0.39 is 0 Å². The van der Waals surface area contributed by atoms with E-state index in [4.69, 9.17) is 11.6 Å². The Balaban J connectivity index is 1.40. The Kier molecular flexibility index (Phi) is 6.79. The number of hydrogen-bond acceptors (Lipinski definition) is 5. The summed E-state index contributed by atoms with van der Waals surface area (Å²) in [6.07, 6.45) is 0. The molecule has 1 heterocycles. The topological polar surface area (TPSA) is 71.1 Å². The van der Waals surface area contributed by atoms with Crippen molar-refractivity contribution < 1.29 is 9.59 Å². The molecule has 0 spiro atoms. The van der Waals surface area contributed by atoms with E-state index >= 15 is 0 Å². The molecule has 5 nitrogen and oxygen atoms in total. The molecule has 1 aromatic heterocycles. The number of carbonyl (C=O) groups excluding carboxylic acids is 2. The van der Waals surface area contributed by atoms with Gasteiger partial charge in [-0.1, -0.05) is 47.6 Å². The van der Waals surface area contributed by atoms with Crippen molar-refractivity contribution in [2.75, 3.05) is 16.4 Å². The molecule has 2 amide bonds. The van der Waals surface area contributed by atoms with Gasteiger partial charge in [0.2, 0.25) is 5.91 Å². The Bertz CT molecular complexity index is 1320. The second-order valence-corrected chi connectivity index (χ2v) is 9.84. The highest BCUT2D eigenvalue weighted by molar-refractivity contribution is 8.01. The third-order valence-electron chi connectivity index (χ3n) is 4.95. The van der Waals surface area contributed by atoms with Crippen molar-refractivity contribution in [1.29, 1.82) is 0 Å². The molecule has 0 atom stereocenters. The lowest BCUT2D eigenvalue weighted by Gasteiger charge is -2.09. The van der Waals surface area contributed by atoms with Gasteiger partial charge in [0.15, 0.2) is 4.34 Å². The van der Waals surface area contributed by atoms with Crippen LogP contribution in [0.15, 0.2) is 65.0 Å². The molecule has 0 fully saturated rings. The average molecular weight is 482 g/mol. The maximum Gasteiger partial charge on any atom is 0.257 e. The number of nitrogens with one attached hydrogen (secondary N) is 2. The smallest absolute Gasteiger partial charge is 0.257 e. The number of anilines is 2. The van der Waals surface area contributed by atoms with Gasteiger partial charge in [0.05, 0.1) is 26.6 Å². The van der Waals surface area contributed by atoms with Crippen molar-refractivity contribution in [3.8, 4) is 0 Å². The summed E-state index contributed by atoms with van der Waals surface area (Å²) in [5.41, 5.74) is 4.94. The van der Waals surface area contributed by atoms with Gasteiger partial charge in [0.25, 0.3) is 5.91 Å². The van der Waals surface area contributed by atoms with Crippen LogP contribution >= 0.6 is 34.7 Å². The molecule has 0 saturated carbocycles. The van der Waals surface area contributed by atoms with E-state index in [1.807, 2.05) is 44.2 Å². The van der Waals surface area contributed by atoms with E-state index in [1.54, 1.807) is 30.3 Å². The van der Waals surface area contributed by atoms with Crippen LogP contribution < -0.4 is 10.6 Å². The van der Waals surface area contributed by atoms with Crippen molar-refractivity contribution in [3.63, 3.8) is 0 Å². The number of carbonyl (C=O) groups is 2. The first-order chi connectivity index (χ1) is 15.4. The van der Waals surface area contributed by atoms with Gasteiger partial charge >= 0.3 is 0 Å². The van der Waals surface area contributed by atoms with Crippen molar-refractivity contribution in [1.82, 2.24) is 4.98 Å². The van der Waals surface area contributed by atoms with Crippen LogP contribution in [0.1, 0.15) is 21.5 Å². The molecule has 4 aromatic rings. The monoisotopic (exact) mass is 481 g/mol. The van der Waals surface area contributed by atoms with Gasteiger partial charge in [0.1, 0.15) is 0 Å². The van der Waals surface area contributed by atoms with E-state index in [0.29, 0.717) is 16.3 Å². The van der Waals surface area contributed by atoms with Crippen LogP contribution in [0, 0.1) is 13.8 Å². The predicted octanol–water partition coefficient (Wildman–Crippen LogP) is 6.55. The van der Waals surface area contributed by atoms with Crippen molar-refractivity contribution in [2.24, 2.45) is 0 Å². The van der Waals surface area contributed by atoms with Crippen LogP contribution in [0.4, 0.5) is 11.4 Å². The Morgan fingerprint density at radius 3 is 2.66 bits per heavy atom. The summed E-state index contributed by atoms with van der Waals surface area (Å²) in [5.74, 6) is -0.0728. The van der Waals surface area contributed by atoms with Gasteiger partial charge in [-0.15, -0.1) is 11.3 Å². The number of aryl methyl sites for hydroxylation is 1. The van der Waals surface area contributed by atoms with Crippen LogP contribution in [0.3, 0.4) is 0 Å². The number of aromatic nitrogens is 1. The maximum absolute atomic E-state index is 12.5. The molecule has 0 aliphatic rings. The van der Waals surface area contributed by atoms with E-state index in [2.05, 4.69) is 15.6 Å². The normalized spacial score (nSPS) is 10.8. The van der Waals surface area contributed by atoms with Gasteiger partial charge in [-0.05, 0) is 61.4 Å². The fourth-order valence-electron chi connectivity index (χ4n) is 3.09. The van der Waals surface area contributed by atoms with Gasteiger partial charge in [-0.3, -0.25) is 9.59 Å². The number of rotatable bonds is 6. The highest BCUT2D eigenvalue weighted by Gasteiger charge is 2.13. The van der Waals surface area contributed by atoms with Crippen LogP contribution in [0.5, 0.6) is 0 Å². The lowest BCUT2D eigenvalue weighted by atomic mass is 10.1. The second-order valence-electron chi connectivity index (χ2n) is 7.18. The first-order valence-electron chi connectivity index (χ1n) is 9.86. The molecule has 2 N–H and O–H groups in total. The zero-order valence-corrected chi connectivity index (χ0v) is 19.8. The van der Waals surface area contributed by atoms with E-state index in [0.717, 1.165) is 31.4 Å². The number of fused-ring (bicyclic) bond motifs is 1. The fraction of sp³-hybridized carbons (Fsp3) is 0.125. The van der Waals surface area contributed by atoms with E-state index in [1.165, 1.54) is 23.1 Å². The summed E-state index contributed by atoms with van der Waals surface area (Å²) in [5, 5.41) is 6.24. The van der Waals surface area contributed by atoms with Crippen molar-refractivity contribution in [3.05, 3.63) is 82.4 Å². The van der Waals surface area contributed by atoms with Crippen LogP contribution in [0.2, 0.25) is 5.02 Å². The summed E-state index contributed by atoms with van der Waals surface area (Å²) in [4.78, 5) is 29.5. The largest absolute Gasteiger partial charge is 0.325 e. The first-order valence-corrected chi connectivity index (χ1v) is 12.0. The molecule has 3 aromatic carbocycles. The number of thiazole rings is 1. The summed E-state index contributed by atoms with van der Waals surface area (Å²) < 4.78 is 1.73. The molecule has 162 valence electrons. The second kappa shape index (κ2) is 9.73. The first kappa shape index (κ1) is 22.3. The molecule has 0 bridgehead atoms. The number of amides is 2. The molecule has 8 heteroatoms. The zero-order chi connectivity index (χ0) is 22.7. The molecule has 0 unspecified atom stereocenters. The lowest BCUT2D eigenvalue weighted by Crippen LogP contribution is -2.15. The summed E-state index contributed by atoms with van der Waals surface area (Å²) >= 11 is 8.99. The summed E-state index contributed by atoms with van der Waals surface area (Å²) in [6, 6.07) is 18.3. The van der Waals surface area contributed by atoms with Crippen LogP contribution in [0.25, 0.3) is 10.2 Å². The minimum Gasteiger partial charge on any atom is -0.325 e. The standard InChI is InChI=1S/C24H20ClN3O2S2/c1-14-6-5-9-19(15(14)2)27-22(29)13-31-24-28-20-11-10-16(12-21(20)32-24)26-23(30)17-7-3-4-8-18(17)25/h3-12H,13H2,1-2H3,(H,26,30)(H,27,29). The van der Waals surface area contributed by atoms with Gasteiger partial charge < -0.3 is 10.6 Å². The van der Waals surface area contributed by atoms with Crippen molar-refractivity contribution >= 4 is 68.1 Å². The highest BCUT2D eigenvalue weighted by Crippen LogP contribution is 2.32. The summed E-state index contributed by atoms with van der Waals surface area (Å²) in [7, 11) is 0. The van der Waals surface area contributed by atoms with Gasteiger partial charge in [-0.25, -0.2) is 4.98 Å². The Morgan fingerprint density at radius 2 is 1.84 bits per heavy atom. The quantitative estimate of drug-likeness (QED) is 0.306. The Hall–Kier alpha value is -2.87. The van der Waals surface area contributed by atoms with Crippen LogP contribution in [-0.2, 0) is 4.79 Å². The van der Waals surface area contributed by atoms with Gasteiger partial charge in [0, 0.05) is 11.4 Å². The van der Waals surface area contributed by atoms with E-state index in [9.17, 15) is 9.59 Å². The molecule has 32 heavy (non-hydrogen) atoms. The molecular formula is C24H20ClN3O2S2. The SMILES string of the molecule is Cc1cccc(NC(=O)CSc2nc3ccc(NC(=O)c4ccccc4Cl)cc3s2)c1C. The zero-order valence-electron chi connectivity index (χ0n) is 17.4. The highest BCUT2D eigenvalue weighted by atomic mass is 35.5. The third-order valence-corrected chi connectivity index (χ3v) is 7.44. The number of halogens is 1. The predicted molar refractivity (Wildman–Crippen MR) is 134 cm³/mol. The average Bonchev–Trinajstić information content (AvgIpc) is 3.18. The fourth-order valence-corrected chi connectivity index (χ4v) is 5.22. The number of hydrogen-bond donors (Lipinski definition) is 2. The molecular weight excluding hydrogens is 462 g/mol. The number of benzene rings is 3. The minimum atomic E-state index is -0.267. The molecule has 4 rings (SSSR count). The molecule has 0 radical (unpaired) electrons. The lowest BCUT2D eigenvalue weighted by molar-refractivity contribution is -0.113. The molecule has 0 aliphatic heterocycles. The van der Waals surface area contributed by atoms with E-state index in [-0.39, 0.29) is 17.6 Å². The van der Waals surface area contributed by atoms with Crippen molar-refractivity contribution in [2.45, 2.75) is 18.2 Å². The molecule has 0 saturated heterocycles.